The third-order valence-electron chi connectivity index (χ3n) is 4.71. The van der Waals surface area contributed by atoms with Gasteiger partial charge in [-0.15, -0.1) is 0 Å². The first-order valence-corrected chi connectivity index (χ1v) is 7.89. The summed E-state index contributed by atoms with van der Waals surface area (Å²) in [5, 5.41) is 0. The van der Waals surface area contributed by atoms with Gasteiger partial charge in [-0.25, -0.2) is 0 Å². The van der Waals surface area contributed by atoms with E-state index in [-0.39, 0.29) is 16.8 Å². The maximum Gasteiger partial charge on any atom is 0.416 e. The van der Waals surface area contributed by atoms with Gasteiger partial charge in [-0.2, -0.15) is 13.2 Å². The lowest BCUT2D eigenvalue weighted by Crippen LogP contribution is -2.24. The highest BCUT2D eigenvalue weighted by molar-refractivity contribution is 6.05. The Morgan fingerprint density at radius 2 is 1.64 bits per heavy atom. The van der Waals surface area contributed by atoms with Crippen LogP contribution in [-0.4, -0.2) is 12.8 Å². The van der Waals surface area contributed by atoms with E-state index in [9.17, 15) is 18.0 Å². The maximum atomic E-state index is 12.6. The molecule has 0 aromatic heterocycles. The average molecular weight is 345 g/mol. The van der Waals surface area contributed by atoms with E-state index in [0.717, 1.165) is 29.1 Å². The molecular weight excluding hydrogens is 327 g/mol. The Morgan fingerprint density at radius 3 is 2.20 bits per heavy atom. The number of alkyl halides is 3. The van der Waals surface area contributed by atoms with Crippen molar-refractivity contribution in [3.8, 4) is 0 Å². The molecule has 0 saturated carbocycles. The lowest BCUT2D eigenvalue weighted by molar-refractivity contribution is -0.137. The van der Waals surface area contributed by atoms with Gasteiger partial charge in [0.2, 0.25) is 0 Å². The number of likely N-dealkylation sites (N-methyl/N-ethyl adjacent to an activating group) is 1. The number of fused-ring (bicyclic) bond motifs is 1. The molecule has 130 valence electrons. The van der Waals surface area contributed by atoms with Crippen LogP contribution in [-0.2, 0) is 11.6 Å². The van der Waals surface area contributed by atoms with Gasteiger partial charge in [-0.05, 0) is 23.8 Å². The molecule has 0 spiro atoms. The van der Waals surface area contributed by atoms with E-state index in [0.29, 0.717) is 0 Å². The van der Waals surface area contributed by atoms with Crippen LogP contribution < -0.4 is 4.90 Å². The van der Waals surface area contributed by atoms with Gasteiger partial charge < -0.3 is 4.90 Å². The third-order valence-corrected chi connectivity index (χ3v) is 4.71. The highest BCUT2D eigenvalue weighted by Gasteiger charge is 2.38. The monoisotopic (exact) mass is 345 g/mol. The Balaban J connectivity index is 1.94. The number of hydrogen-bond donors (Lipinski definition) is 0. The molecule has 0 N–H and O–H groups in total. The number of ketones is 1. The Morgan fingerprint density at radius 1 is 1.04 bits per heavy atom. The summed E-state index contributed by atoms with van der Waals surface area (Å²) in [4.78, 5) is 14.5. The fraction of sp³-hybridized carbons (Fsp3) is 0.250. The molecule has 2 nitrogen and oxygen atoms in total. The van der Waals surface area contributed by atoms with Crippen LogP contribution in [0.15, 0.2) is 60.3 Å². The number of allylic oxidation sites excluding steroid dienone is 2. The molecule has 0 bridgehead atoms. The number of nitrogens with zero attached hydrogens (tertiary/aromatic N) is 1. The molecule has 0 radical (unpaired) electrons. The number of carbonyl (C=O) groups is 1. The van der Waals surface area contributed by atoms with Crippen molar-refractivity contribution in [3.63, 3.8) is 0 Å². The molecule has 1 aliphatic rings. The van der Waals surface area contributed by atoms with Crippen LogP contribution >= 0.6 is 0 Å². The Bertz CT molecular complexity index is 848. The summed E-state index contributed by atoms with van der Waals surface area (Å²) in [7, 11) is 1.89. The van der Waals surface area contributed by atoms with Crippen molar-refractivity contribution in [2.75, 3.05) is 11.9 Å². The molecule has 0 amide bonds. The second-order valence-corrected chi connectivity index (χ2v) is 6.67. The molecule has 2 aromatic carbocycles. The van der Waals surface area contributed by atoms with Crippen LogP contribution in [0.25, 0.3) is 0 Å². The zero-order valence-electron chi connectivity index (χ0n) is 14.2. The summed E-state index contributed by atoms with van der Waals surface area (Å²) in [5.41, 5.74) is 2.08. The second kappa shape index (κ2) is 5.76. The van der Waals surface area contributed by atoms with Crippen molar-refractivity contribution >= 4 is 11.5 Å². The quantitative estimate of drug-likeness (QED) is 0.551. The molecule has 5 heteroatoms. The van der Waals surface area contributed by atoms with Crippen molar-refractivity contribution in [3.05, 3.63) is 77.0 Å². The highest BCUT2D eigenvalue weighted by atomic mass is 19.4. The van der Waals surface area contributed by atoms with Crippen molar-refractivity contribution in [2.24, 2.45) is 0 Å². The largest absolute Gasteiger partial charge is 0.416 e. The number of rotatable bonds is 2. The molecule has 1 heterocycles. The molecule has 0 unspecified atom stereocenters. The van der Waals surface area contributed by atoms with Gasteiger partial charge >= 0.3 is 6.18 Å². The normalized spacial score (nSPS) is 17.7. The standard InChI is InChI=1S/C20H18F3NO/c1-19(2)15-6-4-5-7-16(15)24(3)18(19)12-17(25)13-8-10-14(11-9-13)20(21,22)23/h4-12H,1-3H3/b18-12+. The molecule has 0 fully saturated rings. The van der Waals surface area contributed by atoms with Gasteiger partial charge in [0.1, 0.15) is 0 Å². The average Bonchev–Trinajstić information content (AvgIpc) is 2.75. The minimum absolute atomic E-state index is 0.237. The van der Waals surface area contributed by atoms with E-state index in [1.165, 1.54) is 18.2 Å². The van der Waals surface area contributed by atoms with Gasteiger partial charge in [0.05, 0.1) is 5.56 Å². The van der Waals surface area contributed by atoms with Gasteiger partial charge in [0, 0.05) is 35.5 Å². The predicted octanol–water partition coefficient (Wildman–Crippen LogP) is 5.20. The minimum Gasteiger partial charge on any atom is -0.347 e. The number of halogens is 3. The van der Waals surface area contributed by atoms with E-state index in [1.54, 1.807) is 0 Å². The molecular formula is C20H18F3NO. The first-order chi connectivity index (χ1) is 11.6. The smallest absolute Gasteiger partial charge is 0.347 e. The summed E-state index contributed by atoms with van der Waals surface area (Å²) >= 11 is 0. The first-order valence-electron chi connectivity index (χ1n) is 7.89. The van der Waals surface area contributed by atoms with E-state index in [1.807, 2.05) is 50.1 Å². The van der Waals surface area contributed by atoms with E-state index in [2.05, 4.69) is 0 Å². The van der Waals surface area contributed by atoms with Crippen LogP contribution in [0.4, 0.5) is 18.9 Å². The molecule has 25 heavy (non-hydrogen) atoms. The van der Waals surface area contributed by atoms with Crippen LogP contribution in [0.2, 0.25) is 0 Å². The Labute approximate surface area is 144 Å². The maximum absolute atomic E-state index is 12.6. The summed E-state index contributed by atoms with van der Waals surface area (Å²) in [5.74, 6) is -0.309. The minimum atomic E-state index is -4.41. The SMILES string of the molecule is CN1/C(=C/C(=O)c2ccc(C(F)(F)F)cc2)C(C)(C)c2ccccc21. The van der Waals surface area contributed by atoms with Crippen molar-refractivity contribution in [1.82, 2.24) is 0 Å². The zero-order valence-corrected chi connectivity index (χ0v) is 14.2. The predicted molar refractivity (Wildman–Crippen MR) is 91.7 cm³/mol. The molecule has 0 saturated heterocycles. The number of anilines is 1. The summed E-state index contributed by atoms with van der Waals surface area (Å²) < 4.78 is 37.9. The molecule has 1 aliphatic heterocycles. The molecule has 3 rings (SSSR count). The lowest BCUT2D eigenvalue weighted by Gasteiger charge is -2.24. The fourth-order valence-electron chi connectivity index (χ4n) is 3.29. The molecule has 2 aromatic rings. The molecule has 0 aliphatic carbocycles. The van der Waals surface area contributed by atoms with Gasteiger partial charge in [0.25, 0.3) is 0 Å². The zero-order chi connectivity index (χ0) is 18.4. The van der Waals surface area contributed by atoms with Gasteiger partial charge in [-0.3, -0.25) is 4.79 Å². The van der Waals surface area contributed by atoms with Crippen LogP contribution in [0.1, 0.15) is 35.3 Å². The van der Waals surface area contributed by atoms with Crippen molar-refractivity contribution < 1.29 is 18.0 Å². The van der Waals surface area contributed by atoms with Gasteiger partial charge in [-0.1, -0.05) is 44.2 Å². The summed E-state index contributed by atoms with van der Waals surface area (Å²) in [6.07, 6.45) is -2.89. The fourth-order valence-corrected chi connectivity index (χ4v) is 3.29. The molecule has 0 atom stereocenters. The number of carbonyl (C=O) groups excluding carboxylic acids is 1. The Hall–Kier alpha value is -2.56. The summed E-state index contributed by atoms with van der Waals surface area (Å²) in [6, 6.07) is 12.2. The van der Waals surface area contributed by atoms with E-state index in [4.69, 9.17) is 0 Å². The van der Waals surface area contributed by atoms with Crippen LogP contribution in [0.5, 0.6) is 0 Å². The van der Waals surface area contributed by atoms with E-state index >= 15 is 0 Å². The van der Waals surface area contributed by atoms with Crippen molar-refractivity contribution in [2.45, 2.75) is 25.4 Å². The van der Waals surface area contributed by atoms with Crippen molar-refractivity contribution in [1.29, 1.82) is 0 Å². The number of hydrogen-bond acceptors (Lipinski definition) is 2. The topological polar surface area (TPSA) is 20.3 Å². The number of benzene rings is 2. The van der Waals surface area contributed by atoms with Crippen LogP contribution in [0, 0.1) is 0 Å². The highest BCUT2D eigenvalue weighted by Crippen LogP contribution is 2.46. The first kappa shape index (κ1) is 17.3. The van der Waals surface area contributed by atoms with Crippen LogP contribution in [0.3, 0.4) is 0 Å². The Kier molecular flexibility index (Phi) is 3.98. The number of para-hydroxylation sites is 1. The lowest BCUT2D eigenvalue weighted by atomic mass is 9.83. The van der Waals surface area contributed by atoms with E-state index < -0.39 is 11.7 Å². The summed E-state index contributed by atoms with van der Waals surface area (Å²) in [6.45, 7) is 4.06. The second-order valence-electron chi connectivity index (χ2n) is 6.67. The van der Waals surface area contributed by atoms with Gasteiger partial charge in [0.15, 0.2) is 5.78 Å². The third kappa shape index (κ3) is 2.95.